The lowest BCUT2D eigenvalue weighted by atomic mass is 9.14. The van der Waals surface area contributed by atoms with Crippen LogP contribution in [-0.4, -0.2) is 6.15 Å². The number of hydrogen-bond acceptors (Lipinski definition) is 0. The highest BCUT2D eigenvalue weighted by molar-refractivity contribution is 7.11. The number of hydrogen-bond donors (Lipinski definition) is 0. The van der Waals surface area contributed by atoms with Gasteiger partial charge in [-0.25, -0.2) is 0 Å². The Balaban J connectivity index is 2.22. The first kappa shape index (κ1) is 24.2. The van der Waals surface area contributed by atoms with Crippen LogP contribution in [0.25, 0.3) is 0 Å². The second-order valence-corrected chi connectivity index (χ2v) is 10.1. The van der Waals surface area contributed by atoms with E-state index in [0.29, 0.717) is 0 Å². The standard InChI is InChI=1S/C27H31BCl3/c1-4-21(5-2)9-8-16-28(22-10-6-12-25(29)17-22,23-11-7-13-26(30)18-23)24-15-14-20(3)27(31)19-24/h6-7,10-15,17-19,21H,4-5,8-9,16H2,1-3H3/q-1. The first-order chi connectivity index (χ1) is 14.9. The Morgan fingerprint density at radius 2 is 1.29 bits per heavy atom. The average Bonchev–Trinajstić information content (AvgIpc) is 2.76. The quantitative estimate of drug-likeness (QED) is 0.281. The molecular weight excluding hydrogens is 441 g/mol. The van der Waals surface area contributed by atoms with Crippen molar-refractivity contribution < 1.29 is 0 Å². The minimum absolute atomic E-state index is 0.754. The van der Waals surface area contributed by atoms with E-state index in [9.17, 15) is 0 Å². The van der Waals surface area contributed by atoms with Gasteiger partial charge in [0.1, 0.15) is 0 Å². The van der Waals surface area contributed by atoms with Crippen molar-refractivity contribution in [2.24, 2.45) is 5.92 Å². The molecule has 0 aliphatic carbocycles. The van der Waals surface area contributed by atoms with E-state index in [4.69, 9.17) is 34.8 Å². The molecule has 0 atom stereocenters. The lowest BCUT2D eigenvalue weighted by Crippen LogP contribution is -2.67. The highest BCUT2D eigenvalue weighted by Crippen LogP contribution is 2.25. The lowest BCUT2D eigenvalue weighted by molar-refractivity contribution is 0.450. The SMILES string of the molecule is CCC(CC)CCC[B-](c1cccc(Cl)c1)(c1cccc(Cl)c1)c1ccc(C)c(Cl)c1. The molecule has 4 heteroatoms. The third-order valence-corrected chi connectivity index (χ3v) is 7.88. The Labute approximate surface area is 202 Å². The zero-order valence-corrected chi connectivity index (χ0v) is 20.9. The monoisotopic (exact) mass is 471 g/mol. The molecular formula is C27H31BCl3-. The Morgan fingerprint density at radius 1 is 0.742 bits per heavy atom. The van der Waals surface area contributed by atoms with Gasteiger partial charge < -0.3 is 0 Å². The Morgan fingerprint density at radius 3 is 1.77 bits per heavy atom. The molecule has 0 nitrogen and oxygen atoms in total. The maximum absolute atomic E-state index is 6.64. The molecule has 0 N–H and O–H groups in total. The lowest BCUT2D eigenvalue weighted by Gasteiger charge is -2.44. The molecule has 164 valence electrons. The third-order valence-electron chi connectivity index (χ3n) is 7.00. The number of halogens is 3. The number of rotatable bonds is 9. The second kappa shape index (κ2) is 10.9. The molecule has 0 radical (unpaired) electrons. The maximum atomic E-state index is 6.64. The zero-order valence-electron chi connectivity index (χ0n) is 18.7. The summed E-state index contributed by atoms with van der Waals surface area (Å²) in [7, 11) is 0. The largest absolute Gasteiger partial charge is 0.198 e. The van der Waals surface area contributed by atoms with Crippen molar-refractivity contribution in [3.63, 3.8) is 0 Å². The normalized spacial score (nSPS) is 11.8. The molecule has 3 aromatic carbocycles. The average molecular weight is 473 g/mol. The van der Waals surface area contributed by atoms with Crippen molar-refractivity contribution >= 4 is 57.3 Å². The fourth-order valence-electron chi connectivity index (χ4n) is 5.03. The van der Waals surface area contributed by atoms with Gasteiger partial charge in [0.15, 0.2) is 0 Å². The van der Waals surface area contributed by atoms with Gasteiger partial charge in [0.25, 0.3) is 0 Å². The van der Waals surface area contributed by atoms with Crippen LogP contribution in [-0.2, 0) is 0 Å². The van der Waals surface area contributed by atoms with Crippen LogP contribution in [0.3, 0.4) is 0 Å². The van der Waals surface area contributed by atoms with Crippen LogP contribution in [0, 0.1) is 12.8 Å². The van der Waals surface area contributed by atoms with E-state index >= 15 is 0 Å². The smallest absolute Gasteiger partial charge is 0.0816 e. The van der Waals surface area contributed by atoms with E-state index < -0.39 is 6.15 Å². The van der Waals surface area contributed by atoms with Crippen LogP contribution in [0.1, 0.15) is 45.1 Å². The van der Waals surface area contributed by atoms with E-state index in [1.807, 2.05) is 19.1 Å². The Bertz CT molecular complexity index is 965. The minimum Gasteiger partial charge on any atom is -0.198 e. The van der Waals surface area contributed by atoms with Crippen molar-refractivity contribution in [2.45, 2.75) is 52.8 Å². The second-order valence-electron chi connectivity index (χ2n) is 8.78. The van der Waals surface area contributed by atoms with E-state index in [2.05, 4.69) is 68.4 Å². The molecule has 0 unspecified atom stereocenters. The van der Waals surface area contributed by atoms with Gasteiger partial charge in [-0.3, -0.25) is 0 Å². The molecule has 3 aromatic rings. The molecule has 0 aliphatic heterocycles. The molecule has 0 bridgehead atoms. The fraction of sp³-hybridized carbons (Fsp3) is 0.333. The topological polar surface area (TPSA) is 0 Å². The van der Waals surface area contributed by atoms with Gasteiger partial charge in [0, 0.05) is 15.1 Å². The molecule has 31 heavy (non-hydrogen) atoms. The third kappa shape index (κ3) is 5.51. The molecule has 0 saturated carbocycles. The minimum atomic E-state index is -1.28. The predicted molar refractivity (Wildman–Crippen MR) is 142 cm³/mol. The molecule has 0 spiro atoms. The van der Waals surface area contributed by atoms with Gasteiger partial charge in [-0.05, 0) is 30.5 Å². The first-order valence-corrected chi connectivity index (χ1v) is 12.5. The van der Waals surface area contributed by atoms with Crippen LogP contribution in [0.4, 0.5) is 0 Å². The highest BCUT2D eigenvalue weighted by Gasteiger charge is 2.30. The van der Waals surface area contributed by atoms with Crippen LogP contribution in [0.2, 0.25) is 21.4 Å². The van der Waals surface area contributed by atoms with Crippen molar-refractivity contribution in [1.82, 2.24) is 0 Å². The number of benzene rings is 3. The summed E-state index contributed by atoms with van der Waals surface area (Å²) in [6, 6.07) is 23.1. The van der Waals surface area contributed by atoms with Crippen molar-refractivity contribution in [3.05, 3.63) is 87.4 Å². The summed E-state index contributed by atoms with van der Waals surface area (Å²) in [5.41, 5.74) is 4.80. The summed E-state index contributed by atoms with van der Waals surface area (Å²) in [5.74, 6) is 0.758. The maximum Gasteiger partial charge on any atom is 0.0816 e. The number of aryl methyl sites for hydroxylation is 1. The molecule has 0 aromatic heterocycles. The van der Waals surface area contributed by atoms with E-state index in [0.717, 1.165) is 39.3 Å². The Hall–Kier alpha value is -1.41. The van der Waals surface area contributed by atoms with Crippen LogP contribution >= 0.6 is 34.8 Å². The molecule has 0 amide bonds. The molecule has 0 aliphatic rings. The molecule has 3 rings (SSSR count). The van der Waals surface area contributed by atoms with E-state index in [1.165, 1.54) is 35.7 Å². The van der Waals surface area contributed by atoms with Crippen LogP contribution < -0.4 is 16.4 Å². The first-order valence-electron chi connectivity index (χ1n) is 11.4. The highest BCUT2D eigenvalue weighted by atomic mass is 35.5. The fourth-order valence-corrected chi connectivity index (χ4v) is 5.62. The van der Waals surface area contributed by atoms with Gasteiger partial charge in [-0.2, -0.15) is 22.7 Å². The Kier molecular flexibility index (Phi) is 8.56. The summed E-state index contributed by atoms with van der Waals surface area (Å²) in [5, 5.41) is 2.31. The van der Waals surface area contributed by atoms with Gasteiger partial charge in [-0.15, -0.1) is 0 Å². The van der Waals surface area contributed by atoms with Gasteiger partial charge >= 0.3 is 0 Å². The predicted octanol–water partition coefficient (Wildman–Crippen LogP) is 7.64. The summed E-state index contributed by atoms with van der Waals surface area (Å²) in [6.45, 7) is 6.63. The molecule has 0 saturated heterocycles. The van der Waals surface area contributed by atoms with E-state index in [-0.39, 0.29) is 0 Å². The van der Waals surface area contributed by atoms with Crippen molar-refractivity contribution in [1.29, 1.82) is 0 Å². The van der Waals surface area contributed by atoms with Crippen molar-refractivity contribution in [3.8, 4) is 0 Å². The van der Waals surface area contributed by atoms with Gasteiger partial charge in [0.2, 0.25) is 0 Å². The van der Waals surface area contributed by atoms with Crippen LogP contribution in [0.5, 0.6) is 0 Å². The molecule has 0 heterocycles. The van der Waals surface area contributed by atoms with Crippen LogP contribution in [0.15, 0.2) is 66.7 Å². The van der Waals surface area contributed by atoms with Crippen molar-refractivity contribution in [2.75, 3.05) is 0 Å². The van der Waals surface area contributed by atoms with Gasteiger partial charge in [0.05, 0.1) is 6.15 Å². The summed E-state index contributed by atoms with van der Waals surface area (Å²) in [4.78, 5) is 0. The van der Waals surface area contributed by atoms with Gasteiger partial charge in [-0.1, -0.05) is 129 Å². The summed E-state index contributed by atoms with van der Waals surface area (Å²) < 4.78 is 0. The zero-order chi connectivity index (χ0) is 22.4. The van der Waals surface area contributed by atoms with E-state index in [1.54, 1.807) is 0 Å². The summed E-state index contributed by atoms with van der Waals surface area (Å²) >= 11 is 19.6. The molecule has 0 fully saturated rings. The summed E-state index contributed by atoms with van der Waals surface area (Å²) in [6.07, 6.45) is 4.55.